The fraction of sp³-hybridized carbons (Fsp3) is 0.583. The third-order valence-electron chi connectivity index (χ3n) is 3.09. The van der Waals surface area contributed by atoms with Crippen LogP contribution >= 0.6 is 0 Å². The molecule has 0 aliphatic carbocycles. The van der Waals surface area contributed by atoms with Crippen molar-refractivity contribution in [1.29, 1.82) is 0 Å². The van der Waals surface area contributed by atoms with Crippen LogP contribution in [-0.2, 0) is 10.0 Å². The molecule has 1 aliphatic rings. The summed E-state index contributed by atoms with van der Waals surface area (Å²) < 4.78 is 26.2. The monoisotopic (exact) mass is 285 g/mol. The van der Waals surface area contributed by atoms with Gasteiger partial charge in [-0.1, -0.05) is 0 Å². The van der Waals surface area contributed by atoms with Gasteiger partial charge >= 0.3 is 0 Å². The third kappa shape index (κ3) is 3.23. The summed E-state index contributed by atoms with van der Waals surface area (Å²) in [5.74, 6) is 0.543. The van der Waals surface area contributed by atoms with E-state index in [0.29, 0.717) is 31.7 Å². The first-order valence-electron chi connectivity index (χ1n) is 6.42. The molecule has 7 heteroatoms. The summed E-state index contributed by atoms with van der Waals surface area (Å²) in [6.45, 7) is 3.22. The standard InChI is InChI=1S/C12H19N3O3S/c1-2-13-12-8-11(5-6-14-12)19(17,18)15-7-3-4-10(16)9-15/h5-6,8,10,16H,2-4,7,9H2,1H3,(H,13,14). The summed E-state index contributed by atoms with van der Waals surface area (Å²) in [5.41, 5.74) is 0. The molecule has 0 bridgehead atoms. The lowest BCUT2D eigenvalue weighted by molar-refractivity contribution is 0.108. The Morgan fingerprint density at radius 1 is 1.58 bits per heavy atom. The molecule has 2 N–H and O–H groups in total. The molecule has 1 aromatic heterocycles. The number of rotatable bonds is 4. The van der Waals surface area contributed by atoms with Crippen LogP contribution < -0.4 is 5.32 Å². The SMILES string of the molecule is CCNc1cc(S(=O)(=O)N2CCCC(O)C2)ccn1. The van der Waals surface area contributed by atoms with Crippen LogP contribution in [0.3, 0.4) is 0 Å². The molecule has 2 heterocycles. The number of aromatic nitrogens is 1. The predicted octanol–water partition coefficient (Wildman–Crippen LogP) is 0.659. The highest BCUT2D eigenvalue weighted by atomic mass is 32.2. The number of pyridine rings is 1. The van der Waals surface area contributed by atoms with Crippen molar-refractivity contribution < 1.29 is 13.5 Å². The summed E-state index contributed by atoms with van der Waals surface area (Å²) in [5, 5.41) is 12.6. The van der Waals surface area contributed by atoms with Crippen LogP contribution in [0.4, 0.5) is 5.82 Å². The zero-order chi connectivity index (χ0) is 13.9. The smallest absolute Gasteiger partial charge is 0.243 e. The Kier molecular flexibility index (Phi) is 4.38. The number of nitrogens with one attached hydrogen (secondary N) is 1. The lowest BCUT2D eigenvalue weighted by atomic mass is 10.1. The summed E-state index contributed by atoms with van der Waals surface area (Å²) >= 11 is 0. The van der Waals surface area contributed by atoms with Crippen molar-refractivity contribution in [2.75, 3.05) is 25.0 Å². The Bertz CT molecular complexity index is 533. The quantitative estimate of drug-likeness (QED) is 0.849. The number of β-amino-alcohol motifs (C(OH)–C–C–N with tert-alkyl or cyclic N) is 1. The molecule has 0 radical (unpaired) electrons. The van der Waals surface area contributed by atoms with Crippen molar-refractivity contribution in [2.24, 2.45) is 0 Å². The maximum atomic E-state index is 12.4. The number of piperidine rings is 1. The average Bonchev–Trinajstić information content (AvgIpc) is 2.39. The van der Waals surface area contributed by atoms with Gasteiger partial charge in [-0.05, 0) is 25.8 Å². The predicted molar refractivity (Wildman–Crippen MR) is 72.4 cm³/mol. The van der Waals surface area contributed by atoms with Crippen LogP contribution in [0.2, 0.25) is 0 Å². The summed E-state index contributed by atoms with van der Waals surface area (Å²) in [6.07, 6.45) is 2.25. The normalized spacial score (nSPS) is 21.3. The molecule has 1 unspecified atom stereocenters. The molecule has 19 heavy (non-hydrogen) atoms. The van der Waals surface area contributed by atoms with Crippen LogP contribution in [0, 0.1) is 0 Å². The van der Waals surface area contributed by atoms with E-state index in [1.54, 1.807) is 0 Å². The molecule has 2 rings (SSSR count). The number of anilines is 1. The molecule has 1 aromatic rings. The summed E-state index contributed by atoms with van der Waals surface area (Å²) in [4.78, 5) is 4.27. The number of aliphatic hydroxyl groups excluding tert-OH is 1. The Labute approximate surface area is 113 Å². The van der Waals surface area contributed by atoms with Crippen molar-refractivity contribution in [1.82, 2.24) is 9.29 Å². The van der Waals surface area contributed by atoms with E-state index < -0.39 is 16.1 Å². The molecule has 1 saturated heterocycles. The topological polar surface area (TPSA) is 82.5 Å². The van der Waals surface area contributed by atoms with Gasteiger partial charge in [0.05, 0.1) is 11.0 Å². The van der Waals surface area contributed by atoms with Crippen molar-refractivity contribution in [3.8, 4) is 0 Å². The van der Waals surface area contributed by atoms with Crippen LogP contribution in [0.5, 0.6) is 0 Å². The molecule has 0 spiro atoms. The number of aliphatic hydroxyl groups is 1. The van der Waals surface area contributed by atoms with Crippen LogP contribution in [-0.4, -0.2) is 48.6 Å². The van der Waals surface area contributed by atoms with Gasteiger partial charge in [-0.15, -0.1) is 0 Å². The van der Waals surface area contributed by atoms with Gasteiger partial charge in [0.25, 0.3) is 0 Å². The molecule has 0 amide bonds. The van der Waals surface area contributed by atoms with Gasteiger partial charge in [0.2, 0.25) is 10.0 Å². The first-order valence-corrected chi connectivity index (χ1v) is 7.86. The molecule has 1 fully saturated rings. The van der Waals surface area contributed by atoms with Gasteiger partial charge in [-0.2, -0.15) is 4.31 Å². The minimum atomic E-state index is -3.54. The second kappa shape index (κ2) is 5.85. The maximum Gasteiger partial charge on any atom is 0.243 e. The van der Waals surface area contributed by atoms with E-state index in [9.17, 15) is 13.5 Å². The van der Waals surface area contributed by atoms with Gasteiger partial charge in [-0.3, -0.25) is 0 Å². The van der Waals surface area contributed by atoms with Crippen molar-refractivity contribution >= 4 is 15.8 Å². The Morgan fingerprint density at radius 3 is 3.05 bits per heavy atom. The van der Waals surface area contributed by atoms with Crippen LogP contribution in [0.1, 0.15) is 19.8 Å². The minimum absolute atomic E-state index is 0.168. The van der Waals surface area contributed by atoms with E-state index in [1.807, 2.05) is 6.92 Å². The molecular formula is C12H19N3O3S. The lowest BCUT2D eigenvalue weighted by Crippen LogP contribution is -2.42. The van der Waals surface area contributed by atoms with E-state index in [-0.39, 0.29) is 11.4 Å². The highest BCUT2D eigenvalue weighted by Crippen LogP contribution is 2.21. The first kappa shape index (κ1) is 14.2. The van der Waals surface area contributed by atoms with Gasteiger partial charge in [0.1, 0.15) is 5.82 Å². The zero-order valence-electron chi connectivity index (χ0n) is 10.9. The van der Waals surface area contributed by atoms with Crippen LogP contribution in [0.15, 0.2) is 23.2 Å². The zero-order valence-corrected chi connectivity index (χ0v) is 11.7. The third-order valence-corrected chi connectivity index (χ3v) is 4.95. The number of nitrogens with zero attached hydrogens (tertiary/aromatic N) is 2. The molecule has 6 nitrogen and oxygen atoms in total. The van der Waals surface area contributed by atoms with Gasteiger partial charge in [0, 0.05) is 31.9 Å². The Balaban J connectivity index is 2.25. The second-order valence-electron chi connectivity index (χ2n) is 4.57. The van der Waals surface area contributed by atoms with Crippen molar-refractivity contribution in [3.63, 3.8) is 0 Å². The Hall–Kier alpha value is -1.18. The van der Waals surface area contributed by atoms with E-state index in [0.717, 1.165) is 0 Å². The molecule has 0 aromatic carbocycles. The Morgan fingerprint density at radius 2 is 2.37 bits per heavy atom. The maximum absolute atomic E-state index is 12.4. The molecule has 1 aliphatic heterocycles. The van der Waals surface area contributed by atoms with Gasteiger partial charge < -0.3 is 10.4 Å². The van der Waals surface area contributed by atoms with E-state index in [2.05, 4.69) is 10.3 Å². The van der Waals surface area contributed by atoms with Crippen molar-refractivity contribution in [2.45, 2.75) is 30.8 Å². The highest BCUT2D eigenvalue weighted by molar-refractivity contribution is 7.89. The fourth-order valence-electron chi connectivity index (χ4n) is 2.14. The summed E-state index contributed by atoms with van der Waals surface area (Å²) in [6, 6.07) is 3.01. The highest BCUT2D eigenvalue weighted by Gasteiger charge is 2.29. The van der Waals surface area contributed by atoms with E-state index >= 15 is 0 Å². The first-order chi connectivity index (χ1) is 9.04. The van der Waals surface area contributed by atoms with E-state index in [4.69, 9.17) is 0 Å². The average molecular weight is 285 g/mol. The van der Waals surface area contributed by atoms with Crippen LogP contribution in [0.25, 0.3) is 0 Å². The summed E-state index contributed by atoms with van der Waals surface area (Å²) in [7, 11) is -3.54. The van der Waals surface area contributed by atoms with Crippen molar-refractivity contribution in [3.05, 3.63) is 18.3 Å². The molecule has 106 valence electrons. The number of sulfonamides is 1. The molecule has 0 saturated carbocycles. The lowest BCUT2D eigenvalue weighted by Gasteiger charge is -2.29. The van der Waals surface area contributed by atoms with Gasteiger partial charge in [0.15, 0.2) is 0 Å². The number of hydrogen-bond acceptors (Lipinski definition) is 5. The molecule has 1 atom stereocenters. The molecular weight excluding hydrogens is 266 g/mol. The number of hydrogen-bond donors (Lipinski definition) is 2. The largest absolute Gasteiger partial charge is 0.392 e. The van der Waals surface area contributed by atoms with Gasteiger partial charge in [-0.25, -0.2) is 13.4 Å². The second-order valence-corrected chi connectivity index (χ2v) is 6.50. The minimum Gasteiger partial charge on any atom is -0.392 e. The fourth-order valence-corrected chi connectivity index (χ4v) is 3.67. The van der Waals surface area contributed by atoms with E-state index in [1.165, 1.54) is 22.6 Å².